The molecule has 31 heavy (non-hydrogen) atoms. The average Bonchev–Trinajstić information content (AvgIpc) is 2.99. The molecular formula is C23H15Cl2FN2O3. The van der Waals surface area contributed by atoms with Gasteiger partial charge in [0, 0.05) is 10.0 Å². The van der Waals surface area contributed by atoms with Crippen LogP contribution in [-0.4, -0.2) is 18.9 Å². The lowest BCUT2D eigenvalue weighted by molar-refractivity contribution is -0.120. The van der Waals surface area contributed by atoms with Gasteiger partial charge in [-0.05, 0) is 48.0 Å². The lowest BCUT2D eigenvalue weighted by atomic mass is 10.0. The van der Waals surface area contributed by atoms with Crippen LogP contribution in [-0.2, 0) is 9.59 Å². The highest BCUT2D eigenvalue weighted by atomic mass is 35.5. The monoisotopic (exact) mass is 456 g/mol. The Hall–Kier alpha value is -3.35. The number of carbonyl (C=O) groups is 2. The van der Waals surface area contributed by atoms with Crippen molar-refractivity contribution in [3.8, 4) is 5.75 Å². The zero-order valence-electron chi connectivity index (χ0n) is 16.2. The maximum atomic E-state index is 14.5. The van der Waals surface area contributed by atoms with Crippen LogP contribution < -0.4 is 15.0 Å². The van der Waals surface area contributed by atoms with Gasteiger partial charge in [-0.25, -0.2) is 9.29 Å². The number of rotatable bonds is 5. The van der Waals surface area contributed by atoms with E-state index >= 15 is 0 Å². The zero-order valence-corrected chi connectivity index (χ0v) is 17.7. The molecule has 2 amide bonds. The number of carbonyl (C=O) groups excluding carboxylic acids is 2. The molecule has 1 heterocycles. The molecule has 0 aromatic heterocycles. The molecule has 4 rings (SSSR count). The SMILES string of the molecule is COc1ccc(Cl)cc1NC1=C(c2ccc(Cl)cc2)C(=O)N(c2ccccc2F)C1=O. The van der Waals surface area contributed by atoms with Crippen molar-refractivity contribution in [2.45, 2.75) is 0 Å². The molecule has 3 aromatic carbocycles. The van der Waals surface area contributed by atoms with Crippen molar-refractivity contribution >= 4 is 52.0 Å². The van der Waals surface area contributed by atoms with Crippen molar-refractivity contribution in [1.29, 1.82) is 0 Å². The van der Waals surface area contributed by atoms with Crippen LogP contribution in [0.25, 0.3) is 5.57 Å². The first-order valence-corrected chi connectivity index (χ1v) is 9.90. The molecule has 1 aliphatic rings. The fourth-order valence-corrected chi connectivity index (χ4v) is 3.59. The summed E-state index contributed by atoms with van der Waals surface area (Å²) in [6.07, 6.45) is 0. The lowest BCUT2D eigenvalue weighted by Gasteiger charge is -2.16. The molecule has 156 valence electrons. The molecule has 0 fully saturated rings. The minimum atomic E-state index is -0.706. The van der Waals surface area contributed by atoms with Gasteiger partial charge in [0.1, 0.15) is 17.3 Å². The van der Waals surface area contributed by atoms with Crippen LogP contribution in [0.1, 0.15) is 5.56 Å². The van der Waals surface area contributed by atoms with Gasteiger partial charge in [0.15, 0.2) is 0 Å². The normalized spacial score (nSPS) is 13.7. The molecule has 1 N–H and O–H groups in total. The number of nitrogens with one attached hydrogen (secondary N) is 1. The molecule has 0 saturated heterocycles. The van der Waals surface area contributed by atoms with Crippen molar-refractivity contribution < 1.29 is 18.7 Å². The van der Waals surface area contributed by atoms with E-state index in [2.05, 4.69) is 5.32 Å². The second-order valence-corrected chi connectivity index (χ2v) is 7.50. The second kappa shape index (κ2) is 8.41. The number of halogens is 3. The van der Waals surface area contributed by atoms with E-state index in [1.54, 1.807) is 48.5 Å². The molecule has 0 aliphatic carbocycles. The van der Waals surface area contributed by atoms with Crippen molar-refractivity contribution in [3.63, 3.8) is 0 Å². The van der Waals surface area contributed by atoms with Crippen LogP contribution in [0.4, 0.5) is 15.8 Å². The van der Waals surface area contributed by atoms with E-state index in [-0.39, 0.29) is 17.0 Å². The molecule has 0 unspecified atom stereocenters. The third-order valence-electron chi connectivity index (χ3n) is 4.73. The van der Waals surface area contributed by atoms with Gasteiger partial charge in [0.25, 0.3) is 11.8 Å². The molecule has 0 bridgehead atoms. The average molecular weight is 457 g/mol. The van der Waals surface area contributed by atoms with Crippen LogP contribution in [0, 0.1) is 5.82 Å². The fraction of sp³-hybridized carbons (Fsp3) is 0.0435. The standard InChI is InChI=1S/C23H15Cl2FN2O3/c1-31-19-11-10-15(25)12-17(19)27-21-20(13-6-8-14(24)9-7-13)22(29)28(23(21)30)18-5-3-2-4-16(18)26/h2-12,27H,1H3. The van der Waals surface area contributed by atoms with Gasteiger partial charge in [-0.2, -0.15) is 0 Å². The summed E-state index contributed by atoms with van der Waals surface area (Å²) in [7, 11) is 1.47. The van der Waals surface area contributed by atoms with Crippen molar-refractivity contribution in [2.24, 2.45) is 0 Å². The van der Waals surface area contributed by atoms with Crippen molar-refractivity contribution in [2.75, 3.05) is 17.3 Å². The number of hydrogen-bond acceptors (Lipinski definition) is 4. The number of anilines is 2. The molecular weight excluding hydrogens is 442 g/mol. The van der Waals surface area contributed by atoms with E-state index in [1.165, 1.54) is 25.3 Å². The van der Waals surface area contributed by atoms with Gasteiger partial charge in [-0.1, -0.05) is 47.5 Å². The zero-order chi connectivity index (χ0) is 22.1. The first kappa shape index (κ1) is 20.9. The van der Waals surface area contributed by atoms with Crippen LogP contribution in [0.2, 0.25) is 10.0 Å². The molecule has 5 nitrogen and oxygen atoms in total. The van der Waals surface area contributed by atoms with Gasteiger partial charge in [0.05, 0.1) is 24.1 Å². The Bertz CT molecular complexity index is 1230. The number of methoxy groups -OCH3 is 1. The van der Waals surface area contributed by atoms with Crippen LogP contribution in [0.15, 0.2) is 72.4 Å². The van der Waals surface area contributed by atoms with Gasteiger partial charge in [-0.15, -0.1) is 0 Å². The van der Waals surface area contributed by atoms with Crippen LogP contribution >= 0.6 is 23.2 Å². The van der Waals surface area contributed by atoms with Crippen molar-refractivity contribution in [1.82, 2.24) is 0 Å². The maximum Gasteiger partial charge on any atom is 0.282 e. The Balaban J connectivity index is 1.87. The molecule has 8 heteroatoms. The smallest absolute Gasteiger partial charge is 0.282 e. The summed E-state index contributed by atoms with van der Waals surface area (Å²) in [5, 5.41) is 3.84. The minimum absolute atomic E-state index is 0.0313. The van der Waals surface area contributed by atoms with Crippen LogP contribution in [0.5, 0.6) is 5.75 Å². The Labute approximate surface area is 187 Å². The molecule has 0 saturated carbocycles. The highest BCUT2D eigenvalue weighted by Gasteiger charge is 2.41. The maximum absolute atomic E-state index is 14.5. The number of hydrogen-bond donors (Lipinski definition) is 1. The summed E-state index contributed by atoms with van der Waals surface area (Å²) in [5.41, 5.74) is 0.736. The van der Waals surface area contributed by atoms with E-state index in [1.807, 2.05) is 0 Å². The Kier molecular flexibility index (Phi) is 5.67. The summed E-state index contributed by atoms with van der Waals surface area (Å²) in [4.78, 5) is 27.5. The topological polar surface area (TPSA) is 58.6 Å². The number of imide groups is 1. The van der Waals surface area contributed by atoms with Gasteiger partial charge in [0.2, 0.25) is 0 Å². The number of benzene rings is 3. The molecule has 0 spiro atoms. The summed E-state index contributed by atoms with van der Waals surface area (Å²) in [5.74, 6) is -1.65. The molecule has 1 aliphatic heterocycles. The largest absolute Gasteiger partial charge is 0.495 e. The quantitative estimate of drug-likeness (QED) is 0.512. The Morgan fingerprint density at radius 1 is 0.903 bits per heavy atom. The predicted octanol–water partition coefficient (Wildman–Crippen LogP) is 5.54. The number of amides is 2. The first-order chi connectivity index (χ1) is 14.9. The van der Waals surface area contributed by atoms with Crippen LogP contribution in [0.3, 0.4) is 0 Å². The third-order valence-corrected chi connectivity index (χ3v) is 5.22. The van der Waals surface area contributed by atoms with Gasteiger partial charge < -0.3 is 10.1 Å². The Morgan fingerprint density at radius 2 is 1.58 bits per heavy atom. The second-order valence-electron chi connectivity index (χ2n) is 6.62. The van der Waals surface area contributed by atoms with E-state index < -0.39 is 17.6 Å². The predicted molar refractivity (Wildman–Crippen MR) is 119 cm³/mol. The summed E-state index contributed by atoms with van der Waals surface area (Å²) >= 11 is 12.1. The Morgan fingerprint density at radius 3 is 2.26 bits per heavy atom. The minimum Gasteiger partial charge on any atom is -0.495 e. The summed E-state index contributed by atoms with van der Waals surface area (Å²) in [6.45, 7) is 0. The van der Waals surface area contributed by atoms with E-state index in [9.17, 15) is 14.0 Å². The lowest BCUT2D eigenvalue weighted by Crippen LogP contribution is -2.33. The van der Waals surface area contributed by atoms with E-state index in [0.29, 0.717) is 27.0 Å². The first-order valence-electron chi connectivity index (χ1n) is 9.15. The summed E-state index contributed by atoms with van der Waals surface area (Å²) in [6, 6.07) is 16.8. The van der Waals surface area contributed by atoms with E-state index in [0.717, 1.165) is 4.90 Å². The van der Waals surface area contributed by atoms with Crippen molar-refractivity contribution in [3.05, 3.63) is 93.9 Å². The summed E-state index contributed by atoms with van der Waals surface area (Å²) < 4.78 is 19.8. The third kappa shape index (κ3) is 3.87. The van der Waals surface area contributed by atoms with Gasteiger partial charge >= 0.3 is 0 Å². The number of para-hydroxylation sites is 1. The number of ether oxygens (including phenoxy) is 1. The highest BCUT2D eigenvalue weighted by Crippen LogP contribution is 2.37. The van der Waals surface area contributed by atoms with E-state index in [4.69, 9.17) is 27.9 Å². The fourth-order valence-electron chi connectivity index (χ4n) is 3.29. The number of nitrogens with zero attached hydrogens (tertiary/aromatic N) is 1. The van der Waals surface area contributed by atoms with Gasteiger partial charge in [-0.3, -0.25) is 9.59 Å². The highest BCUT2D eigenvalue weighted by molar-refractivity contribution is 6.46. The molecule has 0 radical (unpaired) electrons. The molecule has 3 aromatic rings. The molecule has 0 atom stereocenters.